The summed E-state index contributed by atoms with van der Waals surface area (Å²) in [4.78, 5) is 11.9. The zero-order chi connectivity index (χ0) is 15.2. The number of hydrogen-bond acceptors (Lipinski definition) is 7. The molecule has 0 saturated heterocycles. The molecule has 0 spiro atoms. The first-order valence-electron chi connectivity index (χ1n) is 6.66. The fourth-order valence-corrected chi connectivity index (χ4v) is 1.57. The Morgan fingerprint density at radius 3 is 2.38 bits per heavy atom. The monoisotopic (exact) mass is 290 g/mol. The van der Waals surface area contributed by atoms with Gasteiger partial charge in [0.25, 0.3) is 0 Å². The van der Waals surface area contributed by atoms with Crippen molar-refractivity contribution in [3.8, 4) is 23.5 Å². The molecule has 7 heteroatoms. The minimum atomic E-state index is -0.0737. The van der Waals surface area contributed by atoms with E-state index < -0.39 is 0 Å². The van der Waals surface area contributed by atoms with Crippen molar-refractivity contribution in [2.45, 2.75) is 26.9 Å². The molecule has 0 saturated carbocycles. The Balaban J connectivity index is 2.25. The number of para-hydroxylation sites is 2. The average molecular weight is 290 g/mol. The predicted molar refractivity (Wildman–Crippen MR) is 77.7 cm³/mol. The number of rotatable bonds is 6. The molecule has 2 N–H and O–H groups in total. The summed E-state index contributed by atoms with van der Waals surface area (Å²) < 4.78 is 16.5. The van der Waals surface area contributed by atoms with Crippen LogP contribution in [0.2, 0.25) is 0 Å². The molecule has 21 heavy (non-hydrogen) atoms. The van der Waals surface area contributed by atoms with Crippen molar-refractivity contribution in [3.05, 3.63) is 24.3 Å². The van der Waals surface area contributed by atoms with Crippen LogP contribution < -0.4 is 19.9 Å². The largest absolute Gasteiger partial charge is 0.490 e. The number of nitrogens with two attached hydrogens (primary N) is 1. The SMILES string of the molecule is CCOc1ccccc1Oc1nc(N)nc(OC(C)C)n1. The van der Waals surface area contributed by atoms with E-state index in [-0.39, 0.29) is 24.1 Å². The predicted octanol–water partition coefficient (Wildman–Crippen LogP) is 2.43. The van der Waals surface area contributed by atoms with E-state index in [0.717, 1.165) is 0 Å². The third-order valence-electron chi connectivity index (χ3n) is 2.30. The van der Waals surface area contributed by atoms with Gasteiger partial charge in [0, 0.05) is 0 Å². The van der Waals surface area contributed by atoms with Gasteiger partial charge in [-0.1, -0.05) is 12.1 Å². The maximum absolute atomic E-state index is 5.63. The summed E-state index contributed by atoms with van der Waals surface area (Å²) in [5, 5.41) is 0. The highest BCUT2D eigenvalue weighted by Gasteiger charge is 2.11. The maximum atomic E-state index is 5.63. The van der Waals surface area contributed by atoms with Gasteiger partial charge in [-0.05, 0) is 32.9 Å². The Bertz CT molecular complexity index is 605. The number of benzene rings is 1. The van der Waals surface area contributed by atoms with Crippen molar-refractivity contribution in [1.29, 1.82) is 0 Å². The van der Waals surface area contributed by atoms with Crippen molar-refractivity contribution in [1.82, 2.24) is 15.0 Å². The Labute approximate surface area is 123 Å². The van der Waals surface area contributed by atoms with E-state index in [0.29, 0.717) is 18.1 Å². The second-order valence-corrected chi connectivity index (χ2v) is 4.41. The van der Waals surface area contributed by atoms with Crippen LogP contribution in [0.3, 0.4) is 0 Å². The van der Waals surface area contributed by atoms with Gasteiger partial charge in [-0.15, -0.1) is 4.98 Å². The van der Waals surface area contributed by atoms with Gasteiger partial charge in [-0.2, -0.15) is 9.97 Å². The van der Waals surface area contributed by atoms with Crippen molar-refractivity contribution in [2.24, 2.45) is 0 Å². The van der Waals surface area contributed by atoms with Crippen molar-refractivity contribution in [2.75, 3.05) is 12.3 Å². The normalized spacial score (nSPS) is 10.5. The van der Waals surface area contributed by atoms with E-state index in [9.17, 15) is 0 Å². The van der Waals surface area contributed by atoms with Crippen LogP contribution in [0.1, 0.15) is 20.8 Å². The standard InChI is InChI=1S/C14H18N4O3/c1-4-19-10-7-5-6-8-11(10)21-14-17-12(15)16-13(18-14)20-9(2)3/h5-9H,4H2,1-3H3,(H2,15,16,17,18). The fourth-order valence-electron chi connectivity index (χ4n) is 1.57. The maximum Gasteiger partial charge on any atom is 0.330 e. The van der Waals surface area contributed by atoms with Crippen LogP contribution in [0.4, 0.5) is 5.95 Å². The molecule has 0 aliphatic carbocycles. The molecule has 0 aliphatic rings. The molecule has 2 rings (SSSR count). The van der Waals surface area contributed by atoms with Gasteiger partial charge in [-0.25, -0.2) is 0 Å². The van der Waals surface area contributed by atoms with Gasteiger partial charge < -0.3 is 19.9 Å². The molecule has 1 heterocycles. The zero-order valence-electron chi connectivity index (χ0n) is 12.2. The van der Waals surface area contributed by atoms with Gasteiger partial charge in [-0.3, -0.25) is 0 Å². The Morgan fingerprint density at radius 2 is 1.71 bits per heavy atom. The van der Waals surface area contributed by atoms with E-state index in [1.54, 1.807) is 12.1 Å². The molecule has 0 amide bonds. The Hall–Kier alpha value is -2.57. The van der Waals surface area contributed by atoms with Gasteiger partial charge in [0.15, 0.2) is 11.5 Å². The van der Waals surface area contributed by atoms with Gasteiger partial charge in [0.05, 0.1) is 12.7 Å². The number of aromatic nitrogens is 3. The fraction of sp³-hybridized carbons (Fsp3) is 0.357. The van der Waals surface area contributed by atoms with Crippen LogP contribution >= 0.6 is 0 Å². The molecule has 0 fully saturated rings. The van der Waals surface area contributed by atoms with Crippen molar-refractivity contribution >= 4 is 5.95 Å². The summed E-state index contributed by atoms with van der Waals surface area (Å²) in [6, 6.07) is 7.43. The molecule has 1 aromatic heterocycles. The molecule has 112 valence electrons. The van der Waals surface area contributed by atoms with E-state index in [4.69, 9.17) is 19.9 Å². The van der Waals surface area contributed by atoms with Crippen LogP contribution in [0, 0.1) is 0 Å². The number of hydrogen-bond donors (Lipinski definition) is 1. The summed E-state index contributed by atoms with van der Waals surface area (Å²) in [6.07, 6.45) is -0.0737. The number of anilines is 1. The Kier molecular flexibility index (Phi) is 4.76. The summed E-state index contributed by atoms with van der Waals surface area (Å²) in [6.45, 7) is 6.16. The minimum absolute atomic E-state index is 0.0320. The van der Waals surface area contributed by atoms with Crippen LogP contribution in [0.25, 0.3) is 0 Å². The molecule has 7 nitrogen and oxygen atoms in total. The first-order chi connectivity index (χ1) is 10.1. The number of ether oxygens (including phenoxy) is 3. The molecule has 2 aromatic rings. The second-order valence-electron chi connectivity index (χ2n) is 4.41. The lowest BCUT2D eigenvalue weighted by Crippen LogP contribution is -2.11. The van der Waals surface area contributed by atoms with Gasteiger partial charge >= 0.3 is 12.0 Å². The van der Waals surface area contributed by atoms with Gasteiger partial charge in [0.2, 0.25) is 5.95 Å². The number of nitrogen functional groups attached to an aromatic ring is 1. The van der Waals surface area contributed by atoms with Crippen LogP contribution in [0.5, 0.6) is 23.5 Å². The first-order valence-corrected chi connectivity index (χ1v) is 6.66. The van der Waals surface area contributed by atoms with E-state index in [1.165, 1.54) is 0 Å². The number of nitrogens with zero attached hydrogens (tertiary/aromatic N) is 3. The third-order valence-corrected chi connectivity index (χ3v) is 2.30. The van der Waals surface area contributed by atoms with E-state index in [2.05, 4.69) is 15.0 Å². The lowest BCUT2D eigenvalue weighted by atomic mass is 10.3. The highest BCUT2D eigenvalue weighted by atomic mass is 16.5. The van der Waals surface area contributed by atoms with Crippen LogP contribution in [0.15, 0.2) is 24.3 Å². The summed E-state index contributed by atoms with van der Waals surface area (Å²) in [5.41, 5.74) is 5.63. The van der Waals surface area contributed by atoms with Crippen molar-refractivity contribution in [3.63, 3.8) is 0 Å². The molecule has 0 bridgehead atoms. The Morgan fingerprint density at radius 1 is 1.05 bits per heavy atom. The zero-order valence-corrected chi connectivity index (χ0v) is 12.2. The molecule has 0 atom stereocenters. The van der Waals surface area contributed by atoms with Crippen LogP contribution in [-0.2, 0) is 0 Å². The molecular formula is C14H18N4O3. The second kappa shape index (κ2) is 6.74. The van der Waals surface area contributed by atoms with Crippen LogP contribution in [-0.4, -0.2) is 27.7 Å². The quantitative estimate of drug-likeness (QED) is 0.873. The van der Waals surface area contributed by atoms with E-state index in [1.807, 2.05) is 32.9 Å². The lowest BCUT2D eigenvalue weighted by molar-refractivity contribution is 0.218. The third kappa shape index (κ3) is 4.20. The average Bonchev–Trinajstić information content (AvgIpc) is 2.40. The topological polar surface area (TPSA) is 92.4 Å². The summed E-state index contributed by atoms with van der Waals surface area (Å²) >= 11 is 0. The first kappa shape index (κ1) is 14.8. The summed E-state index contributed by atoms with van der Waals surface area (Å²) in [7, 11) is 0. The molecule has 0 radical (unpaired) electrons. The summed E-state index contributed by atoms with van der Waals surface area (Å²) in [5.74, 6) is 1.13. The molecular weight excluding hydrogens is 272 g/mol. The molecule has 0 aliphatic heterocycles. The van der Waals surface area contributed by atoms with E-state index >= 15 is 0 Å². The van der Waals surface area contributed by atoms with Crippen molar-refractivity contribution < 1.29 is 14.2 Å². The van der Waals surface area contributed by atoms with Gasteiger partial charge in [0.1, 0.15) is 0 Å². The smallest absolute Gasteiger partial charge is 0.330 e. The minimum Gasteiger partial charge on any atom is -0.490 e. The highest BCUT2D eigenvalue weighted by molar-refractivity contribution is 5.41. The lowest BCUT2D eigenvalue weighted by Gasteiger charge is -2.11. The molecule has 0 unspecified atom stereocenters. The highest BCUT2D eigenvalue weighted by Crippen LogP contribution is 2.30. The molecule has 1 aromatic carbocycles.